The van der Waals surface area contributed by atoms with Crippen molar-refractivity contribution in [3.05, 3.63) is 23.8 Å². The summed E-state index contributed by atoms with van der Waals surface area (Å²) in [5.74, 6) is -0.686. The minimum absolute atomic E-state index is 0.0738. The summed E-state index contributed by atoms with van der Waals surface area (Å²) >= 11 is 0. The molecule has 6 nitrogen and oxygen atoms in total. The first kappa shape index (κ1) is 12.8. The lowest BCUT2D eigenvalue weighted by molar-refractivity contribution is -0.118. The fourth-order valence-corrected chi connectivity index (χ4v) is 1.26. The summed E-state index contributed by atoms with van der Waals surface area (Å²) in [6.45, 7) is 0.0738. The topological polar surface area (TPSA) is 93.5 Å². The van der Waals surface area contributed by atoms with Gasteiger partial charge in [-0.3, -0.25) is 4.79 Å². The molecule has 0 fully saturated rings. The normalized spacial score (nSPS) is 9.53. The number of carbonyl (C=O) groups is 2. The Morgan fingerprint density at radius 1 is 1.41 bits per heavy atom. The van der Waals surface area contributed by atoms with E-state index in [1.807, 2.05) is 0 Å². The number of rotatable bonds is 4. The Morgan fingerprint density at radius 2 is 2.12 bits per heavy atom. The van der Waals surface area contributed by atoms with Crippen LogP contribution in [0.3, 0.4) is 0 Å². The predicted molar refractivity (Wildman–Crippen MR) is 64.8 cm³/mol. The highest BCUT2D eigenvalue weighted by molar-refractivity contribution is 5.97. The van der Waals surface area contributed by atoms with Crippen LogP contribution in [0.15, 0.2) is 18.2 Å². The number of hydrogen-bond acceptors (Lipinski definition) is 5. The number of carbonyl (C=O) groups excluding carboxylic acids is 2. The maximum absolute atomic E-state index is 11.5. The number of esters is 1. The smallest absolute Gasteiger partial charge is 0.340 e. The van der Waals surface area contributed by atoms with E-state index in [1.54, 1.807) is 12.1 Å². The van der Waals surface area contributed by atoms with Crippen LogP contribution in [0.5, 0.6) is 0 Å². The number of likely N-dealkylation sites (N-methyl/N-ethyl adjacent to an activating group) is 1. The quantitative estimate of drug-likeness (QED) is 0.514. The summed E-state index contributed by atoms with van der Waals surface area (Å²) in [6, 6.07) is 4.77. The molecular formula is C11H15N3O3. The van der Waals surface area contributed by atoms with E-state index in [0.717, 1.165) is 0 Å². The fraction of sp³-hybridized carbons (Fsp3) is 0.273. The third-order valence-corrected chi connectivity index (χ3v) is 2.17. The lowest BCUT2D eigenvalue weighted by atomic mass is 10.1. The number of anilines is 2. The highest BCUT2D eigenvalue weighted by Crippen LogP contribution is 2.19. The van der Waals surface area contributed by atoms with E-state index in [-0.39, 0.29) is 12.5 Å². The molecular weight excluding hydrogens is 222 g/mol. The lowest BCUT2D eigenvalue weighted by Gasteiger charge is -2.10. The molecule has 0 aromatic heterocycles. The summed E-state index contributed by atoms with van der Waals surface area (Å²) in [7, 11) is 2.82. The molecule has 1 aromatic carbocycles. The molecule has 0 aliphatic carbocycles. The first-order valence-electron chi connectivity index (χ1n) is 5.00. The van der Waals surface area contributed by atoms with Crippen molar-refractivity contribution in [2.75, 3.05) is 31.8 Å². The van der Waals surface area contributed by atoms with E-state index < -0.39 is 5.97 Å². The van der Waals surface area contributed by atoms with E-state index in [1.165, 1.54) is 20.2 Å². The van der Waals surface area contributed by atoms with Gasteiger partial charge in [0.25, 0.3) is 0 Å². The number of methoxy groups -OCH3 is 1. The Labute approximate surface area is 99.1 Å². The summed E-state index contributed by atoms with van der Waals surface area (Å²) in [5.41, 5.74) is 6.85. The van der Waals surface area contributed by atoms with Crippen molar-refractivity contribution in [1.29, 1.82) is 0 Å². The van der Waals surface area contributed by atoms with Crippen molar-refractivity contribution >= 4 is 23.3 Å². The molecule has 0 spiro atoms. The van der Waals surface area contributed by atoms with Gasteiger partial charge in [-0.05, 0) is 18.2 Å². The van der Waals surface area contributed by atoms with Crippen molar-refractivity contribution < 1.29 is 14.3 Å². The second-order valence-electron chi connectivity index (χ2n) is 3.32. The molecule has 0 atom stereocenters. The number of hydrogen-bond donors (Lipinski definition) is 3. The molecule has 1 amide bonds. The number of ether oxygens (including phenoxy) is 1. The third-order valence-electron chi connectivity index (χ3n) is 2.17. The van der Waals surface area contributed by atoms with Crippen LogP contribution < -0.4 is 16.4 Å². The molecule has 4 N–H and O–H groups in total. The molecule has 0 unspecified atom stereocenters. The Kier molecular flexibility index (Phi) is 4.33. The summed E-state index contributed by atoms with van der Waals surface area (Å²) in [5, 5.41) is 5.30. The monoisotopic (exact) mass is 237 g/mol. The summed E-state index contributed by atoms with van der Waals surface area (Å²) < 4.78 is 4.63. The molecule has 0 saturated carbocycles. The predicted octanol–water partition coefficient (Wildman–Crippen LogP) is 0.213. The van der Waals surface area contributed by atoms with E-state index in [4.69, 9.17) is 5.73 Å². The zero-order valence-corrected chi connectivity index (χ0v) is 9.74. The van der Waals surface area contributed by atoms with Crippen molar-refractivity contribution in [2.45, 2.75) is 0 Å². The van der Waals surface area contributed by atoms with Crippen LogP contribution in [-0.2, 0) is 9.53 Å². The second-order valence-corrected chi connectivity index (χ2v) is 3.32. The number of amides is 1. The Hall–Kier alpha value is -2.24. The SMILES string of the molecule is CNC(=O)CNc1ccc(N)cc1C(=O)OC. The van der Waals surface area contributed by atoms with Crippen LogP contribution in [-0.4, -0.2) is 32.6 Å². The highest BCUT2D eigenvalue weighted by atomic mass is 16.5. The molecule has 1 aromatic rings. The van der Waals surface area contributed by atoms with Gasteiger partial charge in [-0.2, -0.15) is 0 Å². The first-order chi connectivity index (χ1) is 8.08. The van der Waals surface area contributed by atoms with Gasteiger partial charge in [-0.25, -0.2) is 4.79 Å². The zero-order chi connectivity index (χ0) is 12.8. The number of nitrogens with two attached hydrogens (primary N) is 1. The molecule has 1 rings (SSSR count). The minimum atomic E-state index is -0.503. The van der Waals surface area contributed by atoms with Crippen LogP contribution in [0.25, 0.3) is 0 Å². The van der Waals surface area contributed by atoms with Crippen LogP contribution >= 0.6 is 0 Å². The molecule has 0 bridgehead atoms. The molecule has 0 aliphatic heterocycles. The van der Waals surface area contributed by atoms with Crippen LogP contribution in [0.4, 0.5) is 11.4 Å². The molecule has 0 radical (unpaired) electrons. The highest BCUT2D eigenvalue weighted by Gasteiger charge is 2.12. The fourth-order valence-electron chi connectivity index (χ4n) is 1.26. The molecule has 0 aliphatic rings. The molecule has 17 heavy (non-hydrogen) atoms. The second kappa shape index (κ2) is 5.74. The van der Waals surface area contributed by atoms with Gasteiger partial charge in [0.2, 0.25) is 5.91 Å². The number of nitrogen functional groups attached to an aromatic ring is 1. The van der Waals surface area contributed by atoms with Gasteiger partial charge in [0.05, 0.1) is 19.2 Å². The van der Waals surface area contributed by atoms with E-state index in [2.05, 4.69) is 15.4 Å². The standard InChI is InChI=1S/C11H15N3O3/c1-13-10(15)6-14-9-4-3-7(12)5-8(9)11(16)17-2/h3-5,14H,6,12H2,1-2H3,(H,13,15). The molecule has 0 heterocycles. The van der Waals surface area contributed by atoms with E-state index >= 15 is 0 Å². The minimum Gasteiger partial charge on any atom is -0.465 e. The van der Waals surface area contributed by atoms with Gasteiger partial charge < -0.3 is 21.1 Å². The lowest BCUT2D eigenvalue weighted by Crippen LogP contribution is -2.26. The van der Waals surface area contributed by atoms with Crippen LogP contribution in [0, 0.1) is 0 Å². The Balaban J connectivity index is 2.90. The van der Waals surface area contributed by atoms with Crippen LogP contribution in [0.1, 0.15) is 10.4 Å². The van der Waals surface area contributed by atoms with Crippen LogP contribution in [0.2, 0.25) is 0 Å². The average molecular weight is 237 g/mol. The van der Waals surface area contributed by atoms with E-state index in [0.29, 0.717) is 16.9 Å². The van der Waals surface area contributed by atoms with Gasteiger partial charge in [-0.1, -0.05) is 0 Å². The summed E-state index contributed by atoms with van der Waals surface area (Å²) in [6.07, 6.45) is 0. The number of nitrogens with one attached hydrogen (secondary N) is 2. The maximum Gasteiger partial charge on any atom is 0.340 e. The van der Waals surface area contributed by atoms with Gasteiger partial charge in [0.1, 0.15) is 0 Å². The van der Waals surface area contributed by atoms with Gasteiger partial charge >= 0.3 is 5.97 Å². The Morgan fingerprint density at radius 3 is 2.71 bits per heavy atom. The van der Waals surface area contributed by atoms with Crippen molar-refractivity contribution in [2.24, 2.45) is 0 Å². The molecule has 92 valence electrons. The van der Waals surface area contributed by atoms with Crippen molar-refractivity contribution in [3.8, 4) is 0 Å². The van der Waals surface area contributed by atoms with Gasteiger partial charge in [0, 0.05) is 18.4 Å². The average Bonchev–Trinajstić information content (AvgIpc) is 2.35. The Bertz CT molecular complexity index is 432. The van der Waals surface area contributed by atoms with E-state index in [9.17, 15) is 9.59 Å². The first-order valence-corrected chi connectivity index (χ1v) is 5.00. The molecule has 0 saturated heterocycles. The molecule has 6 heteroatoms. The summed E-state index contributed by atoms with van der Waals surface area (Å²) in [4.78, 5) is 22.6. The van der Waals surface area contributed by atoms with Crippen molar-refractivity contribution in [1.82, 2.24) is 5.32 Å². The maximum atomic E-state index is 11.5. The van der Waals surface area contributed by atoms with Gasteiger partial charge in [0.15, 0.2) is 0 Å². The van der Waals surface area contributed by atoms with Crippen molar-refractivity contribution in [3.63, 3.8) is 0 Å². The van der Waals surface area contributed by atoms with Gasteiger partial charge in [-0.15, -0.1) is 0 Å². The number of benzene rings is 1. The zero-order valence-electron chi connectivity index (χ0n) is 9.74. The third kappa shape index (κ3) is 3.37. The largest absolute Gasteiger partial charge is 0.465 e.